The Morgan fingerprint density at radius 1 is 0.914 bits per heavy atom. The monoisotopic (exact) mass is 483 g/mol. The first kappa shape index (κ1) is 22.8. The Labute approximate surface area is 200 Å². The molecule has 0 saturated heterocycles. The van der Waals surface area contributed by atoms with Gasteiger partial charge in [0.2, 0.25) is 19.5 Å². The van der Waals surface area contributed by atoms with E-state index in [9.17, 15) is 14.7 Å². The minimum absolute atomic E-state index is 0.0770. The van der Waals surface area contributed by atoms with Crippen molar-refractivity contribution in [3.05, 3.63) is 54.1 Å². The van der Waals surface area contributed by atoms with Crippen LogP contribution in [0, 0.1) is 0 Å². The summed E-state index contributed by atoms with van der Waals surface area (Å²) >= 11 is 0. The number of fused-ring (bicyclic) bond motifs is 2. The number of hydrogen-bond donors (Lipinski definition) is 4. The topological polar surface area (TPSA) is 137 Å². The molecule has 0 aromatic heterocycles. The lowest BCUT2D eigenvalue weighted by Crippen LogP contribution is -2.50. The van der Waals surface area contributed by atoms with Gasteiger partial charge in [0.05, 0.1) is 25.2 Å². The molecule has 0 bridgehead atoms. The summed E-state index contributed by atoms with van der Waals surface area (Å²) in [6, 6.07) is 9.52. The van der Waals surface area contributed by atoms with Crippen LogP contribution in [0.25, 0.3) is 0 Å². The third-order valence-corrected chi connectivity index (χ3v) is 5.70. The molecule has 184 valence electrons. The number of anilines is 1. The van der Waals surface area contributed by atoms with Crippen molar-refractivity contribution in [1.82, 2.24) is 10.6 Å². The number of aliphatic hydroxyl groups is 1. The summed E-state index contributed by atoms with van der Waals surface area (Å²) < 4.78 is 27.0. The van der Waals surface area contributed by atoms with E-state index in [4.69, 9.17) is 23.7 Å². The van der Waals surface area contributed by atoms with Crippen molar-refractivity contribution >= 4 is 17.6 Å². The van der Waals surface area contributed by atoms with E-state index in [2.05, 4.69) is 16.0 Å². The molecule has 0 aliphatic carbocycles. The van der Waals surface area contributed by atoms with E-state index in [1.165, 1.54) is 0 Å². The number of amides is 3. The van der Waals surface area contributed by atoms with Gasteiger partial charge in [-0.05, 0) is 29.8 Å². The highest BCUT2D eigenvalue weighted by Crippen LogP contribution is 2.34. The van der Waals surface area contributed by atoms with Crippen molar-refractivity contribution < 1.29 is 38.4 Å². The van der Waals surface area contributed by atoms with Crippen LogP contribution >= 0.6 is 0 Å². The molecule has 3 aliphatic heterocycles. The Hall–Kier alpha value is -3.96. The lowest BCUT2D eigenvalue weighted by Gasteiger charge is -2.31. The van der Waals surface area contributed by atoms with Crippen LogP contribution in [0.3, 0.4) is 0 Å². The second-order valence-electron chi connectivity index (χ2n) is 8.14. The molecule has 0 spiro atoms. The number of nitrogens with one attached hydrogen (secondary N) is 3. The van der Waals surface area contributed by atoms with Crippen molar-refractivity contribution in [2.45, 2.75) is 31.2 Å². The maximum atomic E-state index is 12.4. The van der Waals surface area contributed by atoms with Crippen molar-refractivity contribution in [2.24, 2.45) is 0 Å². The van der Waals surface area contributed by atoms with Gasteiger partial charge in [0.1, 0.15) is 6.10 Å². The number of aliphatic hydroxyl groups excluding tert-OH is 1. The van der Waals surface area contributed by atoms with Gasteiger partial charge >= 0.3 is 6.03 Å². The van der Waals surface area contributed by atoms with E-state index in [0.717, 1.165) is 5.56 Å². The van der Waals surface area contributed by atoms with E-state index < -0.39 is 24.3 Å². The number of rotatable bonds is 7. The summed E-state index contributed by atoms with van der Waals surface area (Å²) in [6.45, 7) is 0.345. The van der Waals surface area contributed by atoms with E-state index in [-0.39, 0.29) is 32.5 Å². The normalized spacial score (nSPS) is 21.5. The molecular formula is C24H25N3O8. The average Bonchev–Trinajstić information content (AvgIpc) is 3.52. The van der Waals surface area contributed by atoms with Crippen LogP contribution in [0.4, 0.5) is 10.5 Å². The summed E-state index contributed by atoms with van der Waals surface area (Å²) in [7, 11) is 0. The zero-order valence-electron chi connectivity index (χ0n) is 18.7. The third-order valence-electron chi connectivity index (χ3n) is 5.70. The van der Waals surface area contributed by atoms with Crippen LogP contribution < -0.4 is 34.9 Å². The van der Waals surface area contributed by atoms with Gasteiger partial charge in [0, 0.05) is 18.3 Å². The molecule has 3 amide bonds. The largest absolute Gasteiger partial charge is 0.454 e. The first-order valence-corrected chi connectivity index (χ1v) is 11.1. The van der Waals surface area contributed by atoms with Gasteiger partial charge in [0.25, 0.3) is 0 Å². The van der Waals surface area contributed by atoms with E-state index in [0.29, 0.717) is 35.2 Å². The third kappa shape index (κ3) is 5.42. The number of ether oxygens (including phenoxy) is 5. The Morgan fingerprint density at radius 2 is 1.63 bits per heavy atom. The molecule has 2 aromatic rings. The van der Waals surface area contributed by atoms with Crippen LogP contribution in [0.15, 0.2) is 48.6 Å². The Kier molecular flexibility index (Phi) is 6.59. The van der Waals surface area contributed by atoms with Gasteiger partial charge in [-0.2, -0.15) is 0 Å². The van der Waals surface area contributed by atoms with Crippen LogP contribution in [0.5, 0.6) is 23.0 Å². The van der Waals surface area contributed by atoms with Gasteiger partial charge < -0.3 is 44.7 Å². The first-order valence-electron chi connectivity index (χ1n) is 11.1. The van der Waals surface area contributed by atoms with Crippen LogP contribution in [-0.2, 0) is 16.1 Å². The van der Waals surface area contributed by atoms with Crippen molar-refractivity contribution in [2.75, 3.05) is 25.5 Å². The molecule has 0 radical (unpaired) electrons. The smallest absolute Gasteiger partial charge is 0.319 e. The molecule has 3 aliphatic rings. The quantitative estimate of drug-likeness (QED) is 0.437. The Morgan fingerprint density at radius 3 is 2.40 bits per heavy atom. The van der Waals surface area contributed by atoms with E-state index in [1.54, 1.807) is 36.4 Å². The summed E-state index contributed by atoms with van der Waals surface area (Å²) in [4.78, 5) is 24.9. The maximum absolute atomic E-state index is 12.4. The average molecular weight is 483 g/mol. The number of benzene rings is 2. The molecule has 4 N–H and O–H groups in total. The fourth-order valence-electron chi connectivity index (χ4n) is 3.94. The molecule has 3 heterocycles. The van der Waals surface area contributed by atoms with Crippen LogP contribution in [-0.4, -0.2) is 55.5 Å². The lowest BCUT2D eigenvalue weighted by atomic mass is 10.0. The molecule has 0 unspecified atom stereocenters. The summed E-state index contributed by atoms with van der Waals surface area (Å²) in [5.74, 6) is 2.30. The van der Waals surface area contributed by atoms with Gasteiger partial charge in [-0.25, -0.2) is 4.79 Å². The predicted octanol–water partition coefficient (Wildman–Crippen LogP) is 1.66. The predicted molar refractivity (Wildman–Crippen MR) is 122 cm³/mol. The van der Waals surface area contributed by atoms with Gasteiger partial charge in [-0.1, -0.05) is 18.2 Å². The number of urea groups is 1. The molecule has 5 rings (SSSR count). The molecule has 2 aromatic carbocycles. The minimum atomic E-state index is -0.700. The standard InChI is InChI=1S/C24H25N3O8/c28-11-22-17(27-24(30)26-15-2-6-19-21(8-15)34-13-32-19)4-3-16(35-22)9-23(29)25-10-14-1-5-18-20(7-14)33-12-31-18/h1-8,16-17,22,28H,9-13H2,(H,25,29)(H2,26,27,30)/t16-,17+,22+/m0/s1. The molecule has 11 nitrogen and oxygen atoms in total. The highest BCUT2D eigenvalue weighted by Gasteiger charge is 2.29. The maximum Gasteiger partial charge on any atom is 0.319 e. The second-order valence-corrected chi connectivity index (χ2v) is 8.14. The highest BCUT2D eigenvalue weighted by atomic mass is 16.7. The molecule has 0 fully saturated rings. The molecule has 3 atom stereocenters. The molecule has 35 heavy (non-hydrogen) atoms. The van der Waals surface area contributed by atoms with Gasteiger partial charge in [-0.15, -0.1) is 0 Å². The van der Waals surface area contributed by atoms with E-state index >= 15 is 0 Å². The van der Waals surface area contributed by atoms with Gasteiger partial charge in [-0.3, -0.25) is 4.79 Å². The van der Waals surface area contributed by atoms with Gasteiger partial charge in [0.15, 0.2) is 23.0 Å². The molecule has 0 saturated carbocycles. The van der Waals surface area contributed by atoms with Crippen LogP contribution in [0.1, 0.15) is 12.0 Å². The SMILES string of the molecule is O=C(C[C@@H]1C=C[C@@H](NC(=O)Nc2ccc3c(c2)OCO3)[C@@H](CO)O1)NCc1ccc2c(c1)OCO2. The lowest BCUT2D eigenvalue weighted by molar-refractivity contribution is -0.125. The Bertz CT molecular complexity index is 1140. The zero-order valence-corrected chi connectivity index (χ0v) is 18.7. The first-order chi connectivity index (χ1) is 17.1. The number of hydrogen-bond acceptors (Lipinski definition) is 8. The summed E-state index contributed by atoms with van der Waals surface area (Å²) in [5.41, 5.74) is 1.42. The number of carbonyl (C=O) groups excluding carboxylic acids is 2. The molecule has 11 heteroatoms. The number of carbonyl (C=O) groups is 2. The zero-order chi connectivity index (χ0) is 24.2. The summed E-state index contributed by atoms with van der Waals surface area (Å²) in [6.07, 6.45) is 2.28. The van der Waals surface area contributed by atoms with Crippen LogP contribution in [0.2, 0.25) is 0 Å². The van der Waals surface area contributed by atoms with Crippen molar-refractivity contribution in [3.63, 3.8) is 0 Å². The van der Waals surface area contributed by atoms with E-state index in [1.807, 2.05) is 12.1 Å². The minimum Gasteiger partial charge on any atom is -0.454 e. The fraction of sp³-hybridized carbons (Fsp3) is 0.333. The second kappa shape index (κ2) is 10.1. The van der Waals surface area contributed by atoms with Crippen molar-refractivity contribution in [3.8, 4) is 23.0 Å². The van der Waals surface area contributed by atoms with Crippen molar-refractivity contribution in [1.29, 1.82) is 0 Å². The molecular weight excluding hydrogens is 458 g/mol. The highest BCUT2D eigenvalue weighted by molar-refractivity contribution is 5.90. The summed E-state index contributed by atoms with van der Waals surface area (Å²) in [5, 5.41) is 18.1. The fourth-order valence-corrected chi connectivity index (χ4v) is 3.94. The Balaban J connectivity index is 1.10.